The summed E-state index contributed by atoms with van der Waals surface area (Å²) in [6.45, 7) is 6.01. The van der Waals surface area contributed by atoms with E-state index in [0.29, 0.717) is 0 Å². The monoisotopic (exact) mass is 193 g/mol. The zero-order chi connectivity index (χ0) is 9.94. The Balaban J connectivity index is 4.37. The fourth-order valence-electron chi connectivity index (χ4n) is 0.465. The molecule has 0 bridgehead atoms. The summed E-state index contributed by atoms with van der Waals surface area (Å²) in [4.78, 5) is 10.7. The second kappa shape index (κ2) is 4.00. The number of ketones is 1. The van der Waals surface area contributed by atoms with Crippen LogP contribution in [0.3, 0.4) is 0 Å². The minimum Gasteiger partial charge on any atom is -0.298 e. The second-order valence-corrected chi connectivity index (χ2v) is 5.31. The lowest BCUT2D eigenvalue weighted by Crippen LogP contribution is -2.40. The Morgan fingerprint density at radius 1 is 1.25 bits per heavy atom. The van der Waals surface area contributed by atoms with Gasteiger partial charge in [-0.3, -0.25) is 4.79 Å². The molecule has 0 rings (SSSR count). The van der Waals surface area contributed by atoms with Crippen molar-refractivity contribution in [3.8, 4) is 0 Å². The van der Waals surface area contributed by atoms with Crippen molar-refractivity contribution in [3.63, 3.8) is 0 Å². The minimum atomic E-state index is -3.31. The van der Waals surface area contributed by atoms with Crippen molar-refractivity contribution in [2.24, 2.45) is 0 Å². The van der Waals surface area contributed by atoms with E-state index in [1.165, 1.54) is 13.8 Å². The van der Waals surface area contributed by atoms with Crippen molar-refractivity contribution in [2.45, 2.75) is 39.0 Å². The van der Waals surface area contributed by atoms with E-state index in [1.54, 1.807) is 13.8 Å². The first-order valence-electron chi connectivity index (χ1n) is 3.79. The third kappa shape index (κ3) is 3.32. The molecule has 1 N–H and O–H groups in total. The first-order valence-corrected chi connectivity index (χ1v) is 5.33. The molecule has 0 aliphatic rings. The molecule has 0 heterocycles. The molecule has 4 nitrogen and oxygen atoms in total. The molecule has 12 heavy (non-hydrogen) atoms. The normalized spacial score (nSPS) is 14.8. The lowest BCUT2D eigenvalue weighted by Gasteiger charge is -2.13. The molecule has 0 aliphatic heterocycles. The van der Waals surface area contributed by atoms with Crippen LogP contribution in [0, 0.1) is 0 Å². The Morgan fingerprint density at radius 3 is 1.92 bits per heavy atom. The Bertz CT molecular complexity index is 256. The number of sulfonamides is 1. The molecule has 0 aromatic heterocycles. The van der Waals surface area contributed by atoms with Crippen LogP contribution in [-0.4, -0.2) is 25.5 Å². The van der Waals surface area contributed by atoms with Crippen molar-refractivity contribution >= 4 is 15.8 Å². The molecule has 0 saturated carbocycles. The van der Waals surface area contributed by atoms with Crippen molar-refractivity contribution < 1.29 is 13.2 Å². The van der Waals surface area contributed by atoms with Gasteiger partial charge in [-0.25, -0.2) is 13.1 Å². The van der Waals surface area contributed by atoms with Crippen LogP contribution < -0.4 is 4.72 Å². The Morgan fingerprint density at radius 2 is 1.67 bits per heavy atom. The van der Waals surface area contributed by atoms with Crippen LogP contribution in [0.15, 0.2) is 0 Å². The van der Waals surface area contributed by atoms with Crippen molar-refractivity contribution in [2.75, 3.05) is 0 Å². The van der Waals surface area contributed by atoms with Gasteiger partial charge in [0.25, 0.3) is 0 Å². The van der Waals surface area contributed by atoms with Crippen LogP contribution in [0.5, 0.6) is 0 Å². The summed E-state index contributed by atoms with van der Waals surface area (Å²) in [5, 5.41) is -0.501. The molecule has 0 unspecified atom stereocenters. The Kier molecular flexibility index (Phi) is 3.86. The van der Waals surface area contributed by atoms with Gasteiger partial charge in [0.2, 0.25) is 10.0 Å². The lowest BCUT2D eigenvalue weighted by atomic mass is 10.3. The van der Waals surface area contributed by atoms with Gasteiger partial charge >= 0.3 is 0 Å². The zero-order valence-corrected chi connectivity index (χ0v) is 8.60. The quantitative estimate of drug-likeness (QED) is 0.698. The smallest absolute Gasteiger partial charge is 0.214 e. The highest BCUT2D eigenvalue weighted by atomic mass is 32.2. The first kappa shape index (κ1) is 11.6. The summed E-state index contributed by atoms with van der Waals surface area (Å²) < 4.78 is 24.6. The van der Waals surface area contributed by atoms with E-state index in [0.717, 1.165) is 0 Å². The van der Waals surface area contributed by atoms with Crippen LogP contribution in [0.1, 0.15) is 27.7 Å². The number of hydrogen-bond acceptors (Lipinski definition) is 3. The van der Waals surface area contributed by atoms with Gasteiger partial charge in [-0.2, -0.15) is 0 Å². The summed E-state index contributed by atoms with van der Waals surface area (Å²) in [6.07, 6.45) is 0. The molecule has 0 radical (unpaired) electrons. The maximum atomic E-state index is 11.2. The summed E-state index contributed by atoms with van der Waals surface area (Å²) in [7, 11) is -3.31. The molecule has 5 heteroatoms. The molecular weight excluding hydrogens is 178 g/mol. The number of rotatable bonds is 4. The predicted octanol–water partition coefficient (Wildman–Crippen LogP) is 0.292. The molecule has 0 saturated heterocycles. The molecule has 0 aromatic rings. The zero-order valence-electron chi connectivity index (χ0n) is 7.79. The van der Waals surface area contributed by atoms with Crippen LogP contribution >= 0.6 is 0 Å². The average Bonchev–Trinajstić information content (AvgIpc) is 1.85. The minimum absolute atomic E-state index is 0.181. The van der Waals surface area contributed by atoms with E-state index >= 15 is 0 Å². The fourth-order valence-corrected chi connectivity index (χ4v) is 1.40. The Labute approximate surface area is 73.4 Å². The number of hydrogen-bond donors (Lipinski definition) is 1. The van der Waals surface area contributed by atoms with Crippen LogP contribution in [-0.2, 0) is 14.8 Å². The molecular formula is C7H15NO3S. The van der Waals surface area contributed by atoms with Crippen molar-refractivity contribution in [3.05, 3.63) is 0 Å². The van der Waals surface area contributed by atoms with Crippen molar-refractivity contribution in [1.29, 1.82) is 0 Å². The standard InChI is InChI=1S/C7H15NO3S/c1-5(2)12(10,11)8-6(3)7(4)9/h5-6,8H,1-4H3/t6-/m1/s1. The highest BCUT2D eigenvalue weighted by Gasteiger charge is 2.20. The van der Waals surface area contributed by atoms with E-state index in [4.69, 9.17) is 0 Å². The molecule has 0 spiro atoms. The lowest BCUT2D eigenvalue weighted by molar-refractivity contribution is -0.118. The fraction of sp³-hybridized carbons (Fsp3) is 0.857. The second-order valence-electron chi connectivity index (χ2n) is 3.04. The highest BCUT2D eigenvalue weighted by Crippen LogP contribution is 1.98. The van der Waals surface area contributed by atoms with E-state index in [9.17, 15) is 13.2 Å². The van der Waals surface area contributed by atoms with Gasteiger partial charge < -0.3 is 0 Å². The molecule has 0 aromatic carbocycles. The number of Topliss-reactive ketones (excluding diaryl/α,β-unsaturated/α-hetero) is 1. The van der Waals surface area contributed by atoms with Gasteiger partial charge in [0.1, 0.15) is 5.78 Å². The topological polar surface area (TPSA) is 63.2 Å². The molecule has 1 atom stereocenters. The van der Waals surface area contributed by atoms with E-state index in [2.05, 4.69) is 4.72 Å². The van der Waals surface area contributed by atoms with Crippen LogP contribution in [0.25, 0.3) is 0 Å². The van der Waals surface area contributed by atoms with Crippen molar-refractivity contribution in [1.82, 2.24) is 4.72 Å². The third-order valence-corrected chi connectivity index (χ3v) is 3.49. The SMILES string of the molecule is CC(=O)[C@@H](C)NS(=O)(=O)C(C)C. The maximum Gasteiger partial charge on any atom is 0.214 e. The number of carbonyl (C=O) groups is 1. The maximum absolute atomic E-state index is 11.2. The number of carbonyl (C=O) groups excluding carboxylic acids is 1. The van der Waals surface area contributed by atoms with Gasteiger partial charge in [-0.15, -0.1) is 0 Å². The predicted molar refractivity (Wildman–Crippen MR) is 47.3 cm³/mol. The van der Waals surface area contributed by atoms with Crippen LogP contribution in [0.2, 0.25) is 0 Å². The van der Waals surface area contributed by atoms with E-state index in [-0.39, 0.29) is 5.78 Å². The summed E-state index contributed by atoms with van der Waals surface area (Å²) in [5.74, 6) is -0.181. The molecule has 0 aliphatic carbocycles. The van der Waals surface area contributed by atoms with Gasteiger partial charge in [0, 0.05) is 0 Å². The highest BCUT2D eigenvalue weighted by molar-refractivity contribution is 7.90. The summed E-state index contributed by atoms with van der Waals surface area (Å²) in [6, 6.07) is -0.627. The largest absolute Gasteiger partial charge is 0.298 e. The van der Waals surface area contributed by atoms with E-state index < -0.39 is 21.3 Å². The Hall–Kier alpha value is -0.420. The van der Waals surface area contributed by atoms with Gasteiger partial charge in [-0.05, 0) is 27.7 Å². The molecule has 72 valence electrons. The number of nitrogens with one attached hydrogen (secondary N) is 1. The summed E-state index contributed by atoms with van der Waals surface area (Å²) in [5.41, 5.74) is 0. The van der Waals surface area contributed by atoms with E-state index in [1.807, 2.05) is 0 Å². The molecule has 0 fully saturated rings. The van der Waals surface area contributed by atoms with Gasteiger partial charge in [-0.1, -0.05) is 0 Å². The first-order chi connectivity index (χ1) is 5.27. The average molecular weight is 193 g/mol. The van der Waals surface area contributed by atoms with Gasteiger partial charge in [0.05, 0.1) is 11.3 Å². The van der Waals surface area contributed by atoms with Gasteiger partial charge in [0.15, 0.2) is 0 Å². The third-order valence-electron chi connectivity index (χ3n) is 1.57. The summed E-state index contributed by atoms with van der Waals surface area (Å²) >= 11 is 0. The van der Waals surface area contributed by atoms with Crippen LogP contribution in [0.4, 0.5) is 0 Å². The molecule has 0 amide bonds.